The fourth-order valence-electron chi connectivity index (χ4n) is 1.95. The molecule has 0 aromatic heterocycles. The Bertz CT molecular complexity index is 425. The smallest absolute Gasteiger partial charge is 0.176 e. The van der Waals surface area contributed by atoms with Crippen molar-refractivity contribution in [2.45, 2.75) is 13.0 Å². The quantitative estimate of drug-likeness (QED) is 0.646. The Balaban J connectivity index is 2.70. The van der Waals surface area contributed by atoms with Crippen LogP contribution in [0.1, 0.15) is 17.3 Å². The van der Waals surface area contributed by atoms with E-state index in [9.17, 15) is 4.79 Å². The van der Waals surface area contributed by atoms with Gasteiger partial charge in [-0.25, -0.2) is 0 Å². The number of benzene rings is 1. The van der Waals surface area contributed by atoms with Gasteiger partial charge >= 0.3 is 0 Å². The molecule has 0 radical (unpaired) electrons. The summed E-state index contributed by atoms with van der Waals surface area (Å²) in [7, 11) is 3.33. The molecule has 1 aromatic rings. The fourth-order valence-corrected chi connectivity index (χ4v) is 2.35. The number of nitrogens with zero attached hydrogens (tertiary/aromatic N) is 1. The van der Waals surface area contributed by atoms with E-state index < -0.39 is 0 Å². The minimum absolute atomic E-state index is 0.102. The predicted molar refractivity (Wildman–Crippen MR) is 83.3 cm³/mol. The maximum absolute atomic E-state index is 12.3. The molecule has 0 aliphatic heterocycles. The van der Waals surface area contributed by atoms with E-state index in [1.165, 1.54) is 0 Å². The molecule has 112 valence electrons. The van der Waals surface area contributed by atoms with Crippen LogP contribution in [0.5, 0.6) is 0 Å². The van der Waals surface area contributed by atoms with Crippen LogP contribution in [0.4, 0.5) is 0 Å². The summed E-state index contributed by atoms with van der Waals surface area (Å²) >= 11 is 3.39. The summed E-state index contributed by atoms with van der Waals surface area (Å²) < 4.78 is 11.2. The van der Waals surface area contributed by atoms with Crippen molar-refractivity contribution < 1.29 is 14.3 Å². The van der Waals surface area contributed by atoms with E-state index in [1.54, 1.807) is 14.2 Å². The number of ether oxygens (including phenoxy) is 2. The van der Waals surface area contributed by atoms with E-state index in [0.29, 0.717) is 31.9 Å². The predicted octanol–water partition coefficient (Wildman–Crippen LogP) is 2.62. The number of halogens is 1. The zero-order valence-electron chi connectivity index (χ0n) is 12.3. The highest BCUT2D eigenvalue weighted by Crippen LogP contribution is 2.13. The second kappa shape index (κ2) is 9.23. The number of hydrogen-bond acceptors (Lipinski definition) is 4. The number of hydrogen-bond donors (Lipinski definition) is 0. The summed E-state index contributed by atoms with van der Waals surface area (Å²) in [6, 6.07) is 7.63. The van der Waals surface area contributed by atoms with E-state index in [-0.39, 0.29) is 11.8 Å². The zero-order chi connectivity index (χ0) is 15.0. The van der Waals surface area contributed by atoms with Crippen LogP contribution >= 0.6 is 15.9 Å². The van der Waals surface area contributed by atoms with Crippen LogP contribution in [0.2, 0.25) is 0 Å². The molecule has 0 bridgehead atoms. The molecule has 1 atom stereocenters. The first-order chi connectivity index (χ1) is 9.58. The molecule has 0 fully saturated rings. The van der Waals surface area contributed by atoms with Crippen molar-refractivity contribution in [3.05, 3.63) is 34.3 Å². The Kier molecular flexibility index (Phi) is 7.99. The number of carbonyl (C=O) groups is 1. The minimum Gasteiger partial charge on any atom is -0.383 e. The molecule has 0 N–H and O–H groups in total. The van der Waals surface area contributed by atoms with Gasteiger partial charge in [-0.1, -0.05) is 28.1 Å². The molecular weight excluding hydrogens is 322 g/mol. The van der Waals surface area contributed by atoms with E-state index in [1.807, 2.05) is 31.2 Å². The Morgan fingerprint density at radius 1 is 1.35 bits per heavy atom. The van der Waals surface area contributed by atoms with E-state index in [2.05, 4.69) is 20.8 Å². The zero-order valence-corrected chi connectivity index (χ0v) is 13.9. The molecule has 0 heterocycles. The number of rotatable bonds is 9. The molecule has 0 aliphatic rings. The largest absolute Gasteiger partial charge is 0.383 e. The molecule has 1 aromatic carbocycles. The first-order valence-electron chi connectivity index (χ1n) is 6.59. The maximum atomic E-state index is 12.3. The molecule has 1 rings (SSSR count). The normalized spacial score (nSPS) is 12.7. The van der Waals surface area contributed by atoms with Gasteiger partial charge in [-0.05, 0) is 19.1 Å². The van der Waals surface area contributed by atoms with Crippen LogP contribution in [0, 0.1) is 0 Å². The lowest BCUT2D eigenvalue weighted by molar-refractivity contribution is 0.0651. The summed E-state index contributed by atoms with van der Waals surface area (Å²) in [4.78, 5) is 14.4. The van der Waals surface area contributed by atoms with E-state index >= 15 is 0 Å². The van der Waals surface area contributed by atoms with E-state index in [4.69, 9.17) is 9.47 Å². The van der Waals surface area contributed by atoms with Crippen LogP contribution in [-0.2, 0) is 9.47 Å². The van der Waals surface area contributed by atoms with Gasteiger partial charge in [0, 0.05) is 36.8 Å². The third-order valence-corrected chi connectivity index (χ3v) is 3.60. The average Bonchev–Trinajstić information content (AvgIpc) is 2.43. The molecule has 20 heavy (non-hydrogen) atoms. The van der Waals surface area contributed by atoms with Crippen molar-refractivity contribution in [2.24, 2.45) is 0 Å². The second-order valence-corrected chi connectivity index (χ2v) is 5.62. The Morgan fingerprint density at radius 2 is 2.10 bits per heavy atom. The lowest BCUT2D eigenvalue weighted by Gasteiger charge is -2.27. The molecule has 5 heteroatoms. The number of Topliss-reactive ketones (excluding diaryl/α,β-unsaturated/α-hetero) is 1. The Labute approximate surface area is 129 Å². The molecule has 1 unspecified atom stereocenters. The number of carbonyl (C=O) groups excluding carboxylic acids is 1. The van der Waals surface area contributed by atoms with Crippen LogP contribution < -0.4 is 0 Å². The van der Waals surface area contributed by atoms with Crippen molar-refractivity contribution >= 4 is 21.7 Å². The topological polar surface area (TPSA) is 38.8 Å². The van der Waals surface area contributed by atoms with Gasteiger partial charge in [0.2, 0.25) is 0 Å². The average molecular weight is 344 g/mol. The third kappa shape index (κ3) is 5.71. The SMILES string of the molecule is COCCN(CC(=O)c1cccc(Br)c1)C(C)COC. The van der Waals surface area contributed by atoms with E-state index in [0.717, 1.165) is 4.47 Å². The first-order valence-corrected chi connectivity index (χ1v) is 7.38. The fraction of sp³-hybridized carbons (Fsp3) is 0.533. The molecule has 0 saturated heterocycles. The molecule has 0 saturated carbocycles. The first kappa shape index (κ1) is 17.3. The van der Waals surface area contributed by atoms with Crippen molar-refractivity contribution in [1.29, 1.82) is 0 Å². The van der Waals surface area contributed by atoms with Crippen molar-refractivity contribution in [3.8, 4) is 0 Å². The van der Waals surface area contributed by atoms with Crippen LogP contribution in [0.25, 0.3) is 0 Å². The molecule has 0 amide bonds. The summed E-state index contributed by atoms with van der Waals surface area (Å²) in [5.74, 6) is 0.102. The summed E-state index contributed by atoms with van der Waals surface area (Å²) in [6.45, 7) is 4.31. The minimum atomic E-state index is 0.102. The second-order valence-electron chi connectivity index (χ2n) is 4.70. The van der Waals surface area contributed by atoms with Crippen molar-refractivity contribution in [1.82, 2.24) is 4.90 Å². The molecular formula is C15H22BrNO3. The standard InChI is InChI=1S/C15H22BrNO3/c1-12(11-20-3)17(7-8-19-2)10-15(18)13-5-4-6-14(16)9-13/h4-6,9,12H,7-8,10-11H2,1-3H3. The van der Waals surface area contributed by atoms with Gasteiger partial charge in [0.15, 0.2) is 5.78 Å². The number of ketones is 1. The van der Waals surface area contributed by atoms with Crippen LogP contribution in [0.3, 0.4) is 0 Å². The number of methoxy groups -OCH3 is 2. The highest BCUT2D eigenvalue weighted by Gasteiger charge is 2.18. The Morgan fingerprint density at radius 3 is 2.70 bits per heavy atom. The highest BCUT2D eigenvalue weighted by atomic mass is 79.9. The monoisotopic (exact) mass is 343 g/mol. The van der Waals surface area contributed by atoms with Gasteiger partial charge in [0.25, 0.3) is 0 Å². The highest BCUT2D eigenvalue weighted by molar-refractivity contribution is 9.10. The van der Waals surface area contributed by atoms with Gasteiger partial charge in [-0.15, -0.1) is 0 Å². The van der Waals surface area contributed by atoms with Gasteiger partial charge in [-0.3, -0.25) is 9.69 Å². The maximum Gasteiger partial charge on any atom is 0.176 e. The van der Waals surface area contributed by atoms with Gasteiger partial charge in [0.05, 0.1) is 19.8 Å². The summed E-state index contributed by atoms with van der Waals surface area (Å²) in [5, 5.41) is 0. The Hall–Kier alpha value is -0.750. The van der Waals surface area contributed by atoms with Gasteiger partial charge < -0.3 is 9.47 Å². The lowest BCUT2D eigenvalue weighted by Crippen LogP contribution is -2.41. The van der Waals surface area contributed by atoms with Crippen LogP contribution in [-0.4, -0.2) is 57.2 Å². The summed E-state index contributed by atoms with van der Waals surface area (Å²) in [6.07, 6.45) is 0. The third-order valence-electron chi connectivity index (χ3n) is 3.11. The molecule has 0 spiro atoms. The van der Waals surface area contributed by atoms with Crippen molar-refractivity contribution in [2.75, 3.05) is 40.5 Å². The summed E-state index contributed by atoms with van der Waals surface area (Å²) in [5.41, 5.74) is 0.714. The molecule has 4 nitrogen and oxygen atoms in total. The molecule has 0 aliphatic carbocycles. The van der Waals surface area contributed by atoms with Gasteiger partial charge in [-0.2, -0.15) is 0 Å². The van der Waals surface area contributed by atoms with Crippen molar-refractivity contribution in [3.63, 3.8) is 0 Å². The van der Waals surface area contributed by atoms with Crippen LogP contribution in [0.15, 0.2) is 28.7 Å². The van der Waals surface area contributed by atoms with Gasteiger partial charge in [0.1, 0.15) is 0 Å². The lowest BCUT2D eigenvalue weighted by atomic mass is 10.1.